The highest BCUT2D eigenvalue weighted by Gasteiger charge is 2.27. The maximum Gasteiger partial charge on any atom is 0.303 e. The van der Waals surface area contributed by atoms with Crippen molar-refractivity contribution in [2.45, 2.75) is 69.9 Å². The fraction of sp³-hybridized carbons (Fsp3) is 0.846. The average molecular weight is 238 g/mol. The van der Waals surface area contributed by atoms with Gasteiger partial charge in [-0.25, -0.2) is 0 Å². The molecule has 1 saturated carbocycles. The number of hydrogen-bond donors (Lipinski definition) is 2. The molecule has 2 N–H and O–H groups in total. The Morgan fingerprint density at radius 2 is 2.12 bits per heavy atom. The summed E-state index contributed by atoms with van der Waals surface area (Å²) in [4.78, 5) is 10.5. The molecule has 1 unspecified atom stereocenters. The lowest BCUT2D eigenvalue weighted by Crippen LogP contribution is -2.47. The number of carbonyl (C=O) groups is 1. The van der Waals surface area contributed by atoms with Crippen LogP contribution in [0.25, 0.3) is 0 Å². The first-order chi connectivity index (χ1) is 8.06. The number of rotatable bonds is 6. The van der Waals surface area contributed by atoms with Crippen LogP contribution in [-0.2, 0) is 4.79 Å². The Hall–Kier alpha value is -1.08. The summed E-state index contributed by atoms with van der Waals surface area (Å²) in [7, 11) is 0. The predicted octanol–water partition coefficient (Wildman–Crippen LogP) is 2.45. The molecule has 0 bridgehead atoms. The van der Waals surface area contributed by atoms with E-state index >= 15 is 0 Å². The summed E-state index contributed by atoms with van der Waals surface area (Å²) in [6.07, 6.45) is 7.32. The van der Waals surface area contributed by atoms with Crippen LogP contribution in [0.4, 0.5) is 0 Å². The summed E-state index contributed by atoms with van der Waals surface area (Å²) < 4.78 is 0. The minimum Gasteiger partial charge on any atom is -0.481 e. The molecule has 0 heterocycles. The van der Waals surface area contributed by atoms with Crippen molar-refractivity contribution in [2.75, 3.05) is 0 Å². The molecule has 0 aromatic heterocycles. The lowest BCUT2D eigenvalue weighted by atomic mass is 9.90. The van der Waals surface area contributed by atoms with E-state index in [4.69, 9.17) is 5.11 Å². The molecule has 1 aliphatic carbocycles. The Bertz CT molecular complexity index is 292. The maximum atomic E-state index is 10.5. The van der Waals surface area contributed by atoms with E-state index in [-0.39, 0.29) is 6.42 Å². The molecule has 1 fully saturated rings. The van der Waals surface area contributed by atoms with Gasteiger partial charge in [-0.1, -0.05) is 19.3 Å². The number of nitrogens with zero attached hydrogens (tertiary/aromatic N) is 1. The van der Waals surface area contributed by atoms with Gasteiger partial charge < -0.3 is 5.11 Å². The summed E-state index contributed by atoms with van der Waals surface area (Å²) in [6.45, 7) is 1.88. The SMILES string of the molecule is CC(C#N)(CCCC(=O)O)NC1CCCCC1. The van der Waals surface area contributed by atoms with Gasteiger partial charge in [-0.15, -0.1) is 0 Å². The van der Waals surface area contributed by atoms with Gasteiger partial charge in [0.1, 0.15) is 5.54 Å². The third kappa shape index (κ3) is 5.18. The number of nitrogens with one attached hydrogen (secondary N) is 1. The second-order valence-electron chi connectivity index (χ2n) is 5.17. The fourth-order valence-electron chi connectivity index (χ4n) is 2.45. The van der Waals surface area contributed by atoms with Gasteiger partial charge in [-0.05, 0) is 32.6 Å². The molecular formula is C13H22N2O2. The monoisotopic (exact) mass is 238 g/mol. The first kappa shape index (κ1) is 14.0. The van der Waals surface area contributed by atoms with E-state index in [0.717, 1.165) is 12.8 Å². The Labute approximate surface area is 103 Å². The summed E-state index contributed by atoms with van der Waals surface area (Å²) in [6, 6.07) is 2.72. The van der Waals surface area contributed by atoms with Crippen molar-refractivity contribution in [3.63, 3.8) is 0 Å². The second kappa shape index (κ2) is 6.61. The molecule has 1 rings (SSSR count). The Morgan fingerprint density at radius 1 is 1.47 bits per heavy atom. The minimum atomic E-state index is -0.789. The second-order valence-corrected chi connectivity index (χ2v) is 5.17. The molecule has 0 amide bonds. The van der Waals surface area contributed by atoms with Crippen LogP contribution < -0.4 is 5.32 Å². The Balaban J connectivity index is 2.38. The molecule has 4 nitrogen and oxygen atoms in total. The minimum absolute atomic E-state index is 0.142. The van der Waals surface area contributed by atoms with Gasteiger partial charge >= 0.3 is 5.97 Å². The van der Waals surface area contributed by atoms with E-state index in [0.29, 0.717) is 18.9 Å². The van der Waals surface area contributed by atoms with Gasteiger partial charge in [-0.3, -0.25) is 10.1 Å². The maximum absolute atomic E-state index is 10.5. The Kier molecular flexibility index (Phi) is 5.43. The van der Waals surface area contributed by atoms with Crippen molar-refractivity contribution < 1.29 is 9.90 Å². The highest BCUT2D eigenvalue weighted by atomic mass is 16.4. The highest BCUT2D eigenvalue weighted by molar-refractivity contribution is 5.66. The van der Waals surface area contributed by atoms with Crippen LogP contribution in [-0.4, -0.2) is 22.7 Å². The summed E-state index contributed by atoms with van der Waals surface area (Å²) in [5, 5.41) is 21.2. The van der Waals surface area contributed by atoms with Crippen LogP contribution in [0.15, 0.2) is 0 Å². The summed E-state index contributed by atoms with van der Waals surface area (Å²) in [5.74, 6) is -0.789. The van der Waals surface area contributed by atoms with Gasteiger partial charge in [0.25, 0.3) is 0 Å². The molecule has 0 aromatic carbocycles. The molecule has 0 radical (unpaired) electrons. The van der Waals surface area contributed by atoms with Crippen LogP contribution in [0.1, 0.15) is 58.3 Å². The van der Waals surface area contributed by atoms with Crippen molar-refractivity contribution in [3.05, 3.63) is 0 Å². The molecule has 0 spiro atoms. The van der Waals surface area contributed by atoms with Crippen molar-refractivity contribution in [3.8, 4) is 6.07 Å². The third-order valence-corrected chi connectivity index (χ3v) is 3.44. The van der Waals surface area contributed by atoms with E-state index in [2.05, 4.69) is 11.4 Å². The van der Waals surface area contributed by atoms with E-state index in [9.17, 15) is 10.1 Å². The zero-order valence-corrected chi connectivity index (χ0v) is 10.5. The number of nitriles is 1. The van der Waals surface area contributed by atoms with Crippen LogP contribution in [0.2, 0.25) is 0 Å². The van der Waals surface area contributed by atoms with Crippen molar-refractivity contribution in [1.82, 2.24) is 5.32 Å². The average Bonchev–Trinajstić information content (AvgIpc) is 2.30. The zero-order valence-electron chi connectivity index (χ0n) is 10.5. The number of aliphatic carboxylic acids is 1. The van der Waals surface area contributed by atoms with Crippen molar-refractivity contribution in [2.24, 2.45) is 0 Å². The molecule has 96 valence electrons. The van der Waals surface area contributed by atoms with Gasteiger partial charge in [-0.2, -0.15) is 5.26 Å². The standard InChI is InChI=1S/C13H22N2O2/c1-13(10-14,9-5-8-12(16)17)15-11-6-3-2-4-7-11/h11,15H,2-9H2,1H3,(H,16,17). The van der Waals surface area contributed by atoms with Gasteiger partial charge in [0.05, 0.1) is 6.07 Å². The molecule has 0 aliphatic heterocycles. The molecule has 1 aliphatic rings. The largest absolute Gasteiger partial charge is 0.481 e. The molecule has 0 aromatic rings. The first-order valence-electron chi connectivity index (χ1n) is 6.46. The topological polar surface area (TPSA) is 73.1 Å². The first-order valence-corrected chi connectivity index (χ1v) is 6.46. The van der Waals surface area contributed by atoms with Crippen molar-refractivity contribution >= 4 is 5.97 Å². The smallest absolute Gasteiger partial charge is 0.303 e. The lowest BCUT2D eigenvalue weighted by Gasteiger charge is -2.31. The van der Waals surface area contributed by atoms with E-state index in [1.54, 1.807) is 0 Å². The van der Waals surface area contributed by atoms with E-state index in [1.807, 2.05) is 6.92 Å². The lowest BCUT2D eigenvalue weighted by molar-refractivity contribution is -0.137. The molecular weight excluding hydrogens is 216 g/mol. The van der Waals surface area contributed by atoms with Gasteiger partial charge in [0.2, 0.25) is 0 Å². The third-order valence-electron chi connectivity index (χ3n) is 3.44. The Morgan fingerprint density at radius 3 is 2.65 bits per heavy atom. The van der Waals surface area contributed by atoms with Gasteiger partial charge in [0, 0.05) is 12.5 Å². The summed E-state index contributed by atoms with van der Waals surface area (Å²) in [5.41, 5.74) is -0.572. The van der Waals surface area contributed by atoms with Crippen LogP contribution in [0.5, 0.6) is 0 Å². The van der Waals surface area contributed by atoms with E-state index in [1.165, 1.54) is 19.3 Å². The van der Waals surface area contributed by atoms with Crippen LogP contribution in [0, 0.1) is 11.3 Å². The van der Waals surface area contributed by atoms with Crippen molar-refractivity contribution in [1.29, 1.82) is 5.26 Å². The van der Waals surface area contributed by atoms with Crippen LogP contribution >= 0.6 is 0 Å². The predicted molar refractivity (Wildman–Crippen MR) is 65.5 cm³/mol. The van der Waals surface area contributed by atoms with Crippen LogP contribution in [0.3, 0.4) is 0 Å². The quantitative estimate of drug-likeness (QED) is 0.745. The number of carboxylic acid groups (broad SMARTS) is 1. The fourth-order valence-corrected chi connectivity index (χ4v) is 2.45. The van der Waals surface area contributed by atoms with Gasteiger partial charge in [0.15, 0.2) is 0 Å². The molecule has 0 saturated heterocycles. The zero-order chi connectivity index (χ0) is 12.7. The highest BCUT2D eigenvalue weighted by Crippen LogP contribution is 2.22. The molecule has 17 heavy (non-hydrogen) atoms. The summed E-state index contributed by atoms with van der Waals surface area (Å²) >= 11 is 0. The normalized spacial score (nSPS) is 20.5. The van der Waals surface area contributed by atoms with E-state index < -0.39 is 11.5 Å². The number of carboxylic acids is 1. The number of hydrogen-bond acceptors (Lipinski definition) is 3. The molecule has 1 atom stereocenters. The molecule has 4 heteroatoms.